The molecular formula is C14H13NO3. The van der Waals surface area contributed by atoms with Crippen LogP contribution in [0.2, 0.25) is 0 Å². The van der Waals surface area contributed by atoms with Crippen molar-refractivity contribution in [2.75, 3.05) is 0 Å². The van der Waals surface area contributed by atoms with Gasteiger partial charge in [0.15, 0.2) is 0 Å². The molecule has 4 nitrogen and oxygen atoms in total. The fourth-order valence-corrected chi connectivity index (χ4v) is 2.63. The number of carboxylic acid groups (broad SMARTS) is 1. The van der Waals surface area contributed by atoms with Gasteiger partial charge in [-0.25, -0.2) is 0 Å². The Hall–Kier alpha value is -1.94. The average molecular weight is 243 g/mol. The van der Waals surface area contributed by atoms with Gasteiger partial charge in [0.2, 0.25) is 0 Å². The number of aromatic nitrogens is 1. The van der Waals surface area contributed by atoms with Crippen molar-refractivity contribution >= 4 is 16.9 Å². The van der Waals surface area contributed by atoms with E-state index in [1.165, 1.54) is 0 Å². The Morgan fingerprint density at radius 3 is 2.72 bits per heavy atom. The molecule has 18 heavy (non-hydrogen) atoms. The molecule has 1 fully saturated rings. The van der Waals surface area contributed by atoms with E-state index < -0.39 is 17.5 Å². The summed E-state index contributed by atoms with van der Waals surface area (Å²) in [5, 5.41) is 20.4. The predicted octanol–water partition coefficient (Wildman–Crippen LogP) is 1.92. The van der Waals surface area contributed by atoms with E-state index in [-0.39, 0.29) is 12.8 Å². The normalized spacial score (nSPS) is 26.8. The molecule has 1 saturated carbocycles. The SMILES string of the molecule is O=C(O)C1CC(O)(c2cccc3cccnc23)C1. The highest BCUT2D eigenvalue weighted by Crippen LogP contribution is 2.47. The molecule has 1 aromatic heterocycles. The highest BCUT2D eigenvalue weighted by Gasteiger charge is 2.48. The van der Waals surface area contributed by atoms with Gasteiger partial charge < -0.3 is 10.2 Å². The van der Waals surface area contributed by atoms with Crippen molar-refractivity contribution in [1.29, 1.82) is 0 Å². The van der Waals surface area contributed by atoms with Gasteiger partial charge in [0.1, 0.15) is 0 Å². The van der Waals surface area contributed by atoms with Gasteiger partial charge in [0, 0.05) is 17.1 Å². The summed E-state index contributed by atoms with van der Waals surface area (Å²) in [4.78, 5) is 15.1. The number of hydrogen-bond acceptors (Lipinski definition) is 3. The van der Waals surface area contributed by atoms with Crippen LogP contribution in [-0.4, -0.2) is 21.2 Å². The summed E-state index contributed by atoms with van der Waals surface area (Å²) >= 11 is 0. The largest absolute Gasteiger partial charge is 0.481 e. The van der Waals surface area contributed by atoms with Crippen LogP contribution in [0.15, 0.2) is 36.5 Å². The van der Waals surface area contributed by atoms with Crippen LogP contribution in [0.4, 0.5) is 0 Å². The first-order valence-corrected chi connectivity index (χ1v) is 5.89. The minimum atomic E-state index is -1.04. The smallest absolute Gasteiger partial charge is 0.306 e. The van der Waals surface area contributed by atoms with Crippen LogP contribution in [0.3, 0.4) is 0 Å². The molecule has 0 saturated heterocycles. The first kappa shape index (κ1) is 11.2. The second kappa shape index (κ2) is 3.78. The zero-order valence-corrected chi connectivity index (χ0v) is 9.71. The number of nitrogens with zero attached hydrogens (tertiary/aromatic N) is 1. The van der Waals surface area contributed by atoms with Crippen LogP contribution < -0.4 is 0 Å². The standard InChI is InChI=1S/C14H13NO3/c16-13(17)10-7-14(18,8-10)11-5-1-3-9-4-2-6-15-12(9)11/h1-6,10,18H,7-8H2,(H,16,17). The summed E-state index contributed by atoms with van der Waals surface area (Å²) in [6.07, 6.45) is 2.21. The summed E-state index contributed by atoms with van der Waals surface area (Å²) in [6.45, 7) is 0. The summed E-state index contributed by atoms with van der Waals surface area (Å²) in [6, 6.07) is 9.40. The lowest BCUT2D eigenvalue weighted by Gasteiger charge is -2.42. The Kier molecular flexibility index (Phi) is 2.35. The zero-order valence-electron chi connectivity index (χ0n) is 9.71. The number of fused-ring (bicyclic) bond motifs is 1. The summed E-state index contributed by atoms with van der Waals surface area (Å²) in [5.74, 6) is -1.29. The molecule has 1 aliphatic carbocycles. The van der Waals surface area contributed by atoms with Crippen molar-refractivity contribution in [3.05, 3.63) is 42.1 Å². The lowest BCUT2D eigenvalue weighted by atomic mass is 9.67. The maximum absolute atomic E-state index is 10.8. The third-order valence-corrected chi connectivity index (χ3v) is 3.65. The number of benzene rings is 1. The van der Waals surface area contributed by atoms with Gasteiger partial charge in [0.25, 0.3) is 0 Å². The lowest BCUT2D eigenvalue weighted by Crippen LogP contribution is -2.44. The molecule has 0 amide bonds. The number of pyridine rings is 1. The van der Waals surface area contributed by atoms with E-state index >= 15 is 0 Å². The van der Waals surface area contributed by atoms with Crippen LogP contribution in [0.1, 0.15) is 18.4 Å². The Morgan fingerprint density at radius 2 is 2.00 bits per heavy atom. The van der Waals surface area contributed by atoms with Crippen molar-refractivity contribution in [3.63, 3.8) is 0 Å². The Bertz CT molecular complexity index is 612. The van der Waals surface area contributed by atoms with Crippen molar-refractivity contribution in [2.24, 2.45) is 5.92 Å². The summed E-state index contributed by atoms with van der Waals surface area (Å²) < 4.78 is 0. The minimum absolute atomic E-state index is 0.262. The highest BCUT2D eigenvalue weighted by atomic mass is 16.4. The van der Waals surface area contributed by atoms with Gasteiger partial charge in [0.05, 0.1) is 17.0 Å². The van der Waals surface area contributed by atoms with E-state index in [1.807, 2.05) is 30.3 Å². The molecular weight excluding hydrogens is 230 g/mol. The number of aliphatic carboxylic acids is 1. The Labute approximate surface area is 104 Å². The van der Waals surface area contributed by atoms with Gasteiger partial charge in [-0.05, 0) is 18.9 Å². The Balaban J connectivity index is 2.03. The predicted molar refractivity (Wildman–Crippen MR) is 66.0 cm³/mol. The van der Waals surface area contributed by atoms with Crippen molar-refractivity contribution in [1.82, 2.24) is 4.98 Å². The van der Waals surface area contributed by atoms with Gasteiger partial charge in [-0.15, -0.1) is 0 Å². The quantitative estimate of drug-likeness (QED) is 0.845. The third-order valence-electron chi connectivity index (χ3n) is 3.65. The number of carbonyl (C=O) groups is 1. The molecule has 0 atom stereocenters. The second-order valence-corrected chi connectivity index (χ2v) is 4.86. The summed E-state index contributed by atoms with van der Waals surface area (Å²) in [5.41, 5.74) is 0.445. The van der Waals surface area contributed by atoms with Gasteiger partial charge >= 0.3 is 5.97 Å². The first-order valence-electron chi connectivity index (χ1n) is 5.89. The van der Waals surface area contributed by atoms with Crippen LogP contribution >= 0.6 is 0 Å². The molecule has 1 aliphatic rings. The molecule has 3 rings (SSSR count). The van der Waals surface area contributed by atoms with Gasteiger partial charge in [-0.2, -0.15) is 0 Å². The molecule has 92 valence electrons. The molecule has 0 spiro atoms. The van der Waals surface area contributed by atoms with Crippen molar-refractivity contribution in [2.45, 2.75) is 18.4 Å². The van der Waals surface area contributed by atoms with Crippen molar-refractivity contribution in [3.8, 4) is 0 Å². The second-order valence-electron chi connectivity index (χ2n) is 4.86. The average Bonchev–Trinajstić information content (AvgIpc) is 2.34. The molecule has 2 N–H and O–H groups in total. The third kappa shape index (κ3) is 1.57. The molecule has 0 unspecified atom stereocenters. The number of carboxylic acids is 1. The minimum Gasteiger partial charge on any atom is -0.481 e. The van der Waals surface area contributed by atoms with Gasteiger partial charge in [-0.1, -0.05) is 24.3 Å². The maximum Gasteiger partial charge on any atom is 0.306 e. The lowest BCUT2D eigenvalue weighted by molar-refractivity contribution is -0.159. The molecule has 0 radical (unpaired) electrons. The number of aliphatic hydroxyl groups is 1. The molecule has 0 aliphatic heterocycles. The van der Waals surface area contributed by atoms with Crippen LogP contribution in [0, 0.1) is 5.92 Å². The van der Waals surface area contributed by atoms with Crippen molar-refractivity contribution < 1.29 is 15.0 Å². The van der Waals surface area contributed by atoms with Crippen LogP contribution in [0.25, 0.3) is 10.9 Å². The van der Waals surface area contributed by atoms with Gasteiger partial charge in [-0.3, -0.25) is 9.78 Å². The molecule has 1 aromatic carbocycles. The highest BCUT2D eigenvalue weighted by molar-refractivity contribution is 5.83. The van der Waals surface area contributed by atoms with E-state index in [1.54, 1.807) is 6.20 Å². The number of rotatable bonds is 2. The fourth-order valence-electron chi connectivity index (χ4n) is 2.63. The zero-order chi connectivity index (χ0) is 12.8. The van der Waals surface area contributed by atoms with E-state index in [0.717, 1.165) is 16.5 Å². The van der Waals surface area contributed by atoms with Crippen LogP contribution in [0.5, 0.6) is 0 Å². The molecule has 0 bridgehead atoms. The summed E-state index contributed by atoms with van der Waals surface area (Å²) in [7, 11) is 0. The Morgan fingerprint density at radius 1 is 1.28 bits per heavy atom. The topological polar surface area (TPSA) is 70.4 Å². The van der Waals surface area contributed by atoms with E-state index in [0.29, 0.717) is 0 Å². The first-order chi connectivity index (χ1) is 8.60. The van der Waals surface area contributed by atoms with E-state index in [9.17, 15) is 9.90 Å². The maximum atomic E-state index is 10.8. The molecule has 1 heterocycles. The number of hydrogen-bond donors (Lipinski definition) is 2. The monoisotopic (exact) mass is 243 g/mol. The molecule has 4 heteroatoms. The van der Waals surface area contributed by atoms with E-state index in [4.69, 9.17) is 5.11 Å². The van der Waals surface area contributed by atoms with E-state index in [2.05, 4.69) is 4.98 Å². The van der Waals surface area contributed by atoms with Crippen LogP contribution in [-0.2, 0) is 10.4 Å². The number of para-hydroxylation sites is 1. The molecule has 2 aromatic rings. The fraction of sp³-hybridized carbons (Fsp3) is 0.286.